The molecule has 1 aromatic rings. The van der Waals surface area contributed by atoms with E-state index in [2.05, 4.69) is 38.1 Å². The number of rotatable bonds is 3. The van der Waals surface area contributed by atoms with E-state index >= 15 is 0 Å². The van der Waals surface area contributed by atoms with Gasteiger partial charge < -0.3 is 0 Å². The lowest BCUT2D eigenvalue weighted by molar-refractivity contribution is -0.839. The van der Waals surface area contributed by atoms with Gasteiger partial charge in [0.2, 0.25) is 0 Å². The van der Waals surface area contributed by atoms with Gasteiger partial charge in [0.15, 0.2) is 11.8 Å². The van der Waals surface area contributed by atoms with E-state index in [0.717, 1.165) is 19.5 Å². The van der Waals surface area contributed by atoms with Gasteiger partial charge in [0.25, 0.3) is 0 Å². The van der Waals surface area contributed by atoms with Crippen molar-refractivity contribution >= 4 is 24.2 Å². The third-order valence-electron chi connectivity index (χ3n) is 4.03. The summed E-state index contributed by atoms with van der Waals surface area (Å²) in [5, 5.41) is 0. The van der Waals surface area contributed by atoms with Crippen molar-refractivity contribution in [1.29, 1.82) is 0 Å². The zero-order valence-corrected chi connectivity index (χ0v) is 12.2. The molecule has 17 heavy (non-hydrogen) atoms. The number of hydrogen-bond acceptors (Lipinski definition) is 0. The highest BCUT2D eigenvalue weighted by Crippen LogP contribution is 2.30. The van der Waals surface area contributed by atoms with Gasteiger partial charge in [-0.1, -0.05) is 24.3 Å². The molecule has 96 valence electrons. The second-order valence-corrected chi connectivity index (χ2v) is 5.40. The molecule has 0 amide bonds. The lowest BCUT2D eigenvalue weighted by atomic mass is 9.87. The van der Waals surface area contributed by atoms with E-state index in [1.54, 1.807) is 0 Å². The highest BCUT2D eigenvalue weighted by molar-refractivity contribution is 6.06. The molecule has 0 heterocycles. The topological polar surface area (TPSA) is 0 Å². The standard InChI is InChI=1S/C14H21ClN.ClH/c1-3-16(15,4-2)14-10-9-12-7-5-6-8-13(12)11-14;/h5-8,14H,3-4,9-11H2,1-2H3;1H/q+1;. The summed E-state index contributed by atoms with van der Waals surface area (Å²) < 4.78 is 0.703. The summed E-state index contributed by atoms with van der Waals surface area (Å²) in [6.45, 7) is 6.42. The van der Waals surface area contributed by atoms with Gasteiger partial charge in [-0.15, -0.1) is 12.4 Å². The fraction of sp³-hybridized carbons (Fsp3) is 0.571. The Morgan fingerprint density at radius 3 is 2.35 bits per heavy atom. The van der Waals surface area contributed by atoms with E-state index in [1.807, 2.05) is 0 Å². The number of fused-ring (bicyclic) bond motifs is 1. The average molecular weight is 275 g/mol. The van der Waals surface area contributed by atoms with Crippen LogP contribution in [0.5, 0.6) is 0 Å². The third-order valence-corrected chi connectivity index (χ3v) is 4.78. The van der Waals surface area contributed by atoms with Crippen molar-refractivity contribution in [2.24, 2.45) is 0 Å². The monoisotopic (exact) mass is 274 g/mol. The van der Waals surface area contributed by atoms with Crippen molar-refractivity contribution < 1.29 is 4.00 Å². The van der Waals surface area contributed by atoms with E-state index < -0.39 is 0 Å². The Morgan fingerprint density at radius 1 is 1.18 bits per heavy atom. The maximum atomic E-state index is 6.69. The number of halogens is 2. The Bertz CT molecular complexity index is 361. The van der Waals surface area contributed by atoms with Gasteiger partial charge >= 0.3 is 0 Å². The molecule has 0 N–H and O–H groups in total. The first kappa shape index (κ1) is 14.8. The zero-order valence-electron chi connectivity index (χ0n) is 10.7. The van der Waals surface area contributed by atoms with Crippen LogP contribution in [0.15, 0.2) is 24.3 Å². The van der Waals surface area contributed by atoms with Crippen LogP contribution in [0.25, 0.3) is 0 Å². The van der Waals surface area contributed by atoms with Crippen molar-refractivity contribution in [3.8, 4) is 0 Å². The molecular formula is C14H22Cl2N+. The largest absolute Gasteiger partial charge is 0.220 e. The summed E-state index contributed by atoms with van der Waals surface area (Å²) in [6.07, 6.45) is 3.55. The maximum absolute atomic E-state index is 6.69. The normalized spacial score (nSPS) is 19.4. The molecule has 1 aromatic carbocycles. The molecular weight excluding hydrogens is 253 g/mol. The Labute approximate surface area is 116 Å². The molecule has 3 heteroatoms. The minimum absolute atomic E-state index is 0. The summed E-state index contributed by atoms with van der Waals surface area (Å²) in [7, 11) is 0. The lowest BCUT2D eigenvalue weighted by Gasteiger charge is -2.38. The van der Waals surface area contributed by atoms with Crippen LogP contribution in [0.4, 0.5) is 0 Å². The summed E-state index contributed by atoms with van der Waals surface area (Å²) in [5.41, 5.74) is 3.03. The van der Waals surface area contributed by atoms with E-state index in [9.17, 15) is 0 Å². The van der Waals surface area contributed by atoms with Gasteiger partial charge in [-0.3, -0.25) is 0 Å². The van der Waals surface area contributed by atoms with E-state index in [1.165, 1.54) is 24.0 Å². The van der Waals surface area contributed by atoms with Crippen molar-refractivity contribution in [3.05, 3.63) is 35.4 Å². The number of hydrogen-bond donors (Lipinski definition) is 0. The quantitative estimate of drug-likeness (QED) is 0.732. The molecule has 0 aliphatic heterocycles. The van der Waals surface area contributed by atoms with Crippen LogP contribution in [0.1, 0.15) is 31.4 Å². The summed E-state index contributed by atoms with van der Waals surface area (Å²) in [4.78, 5) is 0. The summed E-state index contributed by atoms with van der Waals surface area (Å²) in [6, 6.07) is 9.39. The van der Waals surface area contributed by atoms with Crippen molar-refractivity contribution in [2.45, 2.75) is 39.2 Å². The minimum Gasteiger partial charge on any atom is -0.220 e. The van der Waals surface area contributed by atoms with Gasteiger partial charge in [0.1, 0.15) is 6.04 Å². The number of aryl methyl sites for hydroxylation is 1. The van der Waals surface area contributed by atoms with Gasteiger partial charge in [-0.25, -0.2) is 4.00 Å². The maximum Gasteiger partial charge on any atom is 0.165 e. The zero-order chi connectivity index (χ0) is 11.6. The average Bonchev–Trinajstić information content (AvgIpc) is 2.37. The first-order valence-electron chi connectivity index (χ1n) is 6.32. The number of benzene rings is 1. The molecule has 0 spiro atoms. The van der Waals surface area contributed by atoms with Gasteiger partial charge in [-0.2, -0.15) is 0 Å². The SMILES string of the molecule is CC[N+](Cl)(CC)C1CCc2ccccc2C1.Cl. The molecule has 1 aliphatic carbocycles. The molecule has 0 fully saturated rings. The minimum atomic E-state index is 0. The van der Waals surface area contributed by atoms with Crippen LogP contribution < -0.4 is 0 Å². The third kappa shape index (κ3) is 2.96. The molecule has 1 aliphatic rings. The van der Waals surface area contributed by atoms with Crippen molar-refractivity contribution in [3.63, 3.8) is 0 Å². The van der Waals surface area contributed by atoms with Gasteiger partial charge in [0, 0.05) is 12.8 Å². The van der Waals surface area contributed by atoms with Crippen LogP contribution in [0, 0.1) is 0 Å². The first-order valence-corrected chi connectivity index (χ1v) is 6.66. The first-order chi connectivity index (χ1) is 7.69. The number of likely N-dealkylation sites (N-methyl/N-ethyl adjacent to an activating group) is 1. The lowest BCUT2D eigenvalue weighted by Crippen LogP contribution is -2.49. The van der Waals surface area contributed by atoms with Crippen molar-refractivity contribution in [2.75, 3.05) is 13.1 Å². The van der Waals surface area contributed by atoms with Crippen LogP contribution >= 0.6 is 24.2 Å². The number of nitrogens with zero attached hydrogens (tertiary/aromatic N) is 1. The van der Waals surface area contributed by atoms with Crippen LogP contribution in [0.2, 0.25) is 0 Å². The van der Waals surface area contributed by atoms with Gasteiger partial charge in [0.05, 0.1) is 13.1 Å². The van der Waals surface area contributed by atoms with Crippen molar-refractivity contribution in [1.82, 2.24) is 0 Å². The molecule has 1 nitrogen and oxygen atoms in total. The smallest absolute Gasteiger partial charge is 0.165 e. The highest BCUT2D eigenvalue weighted by atomic mass is 35.5. The molecule has 0 radical (unpaired) electrons. The molecule has 1 atom stereocenters. The highest BCUT2D eigenvalue weighted by Gasteiger charge is 2.35. The molecule has 0 saturated carbocycles. The predicted molar refractivity (Wildman–Crippen MR) is 76.7 cm³/mol. The van der Waals surface area contributed by atoms with E-state index in [-0.39, 0.29) is 12.4 Å². The van der Waals surface area contributed by atoms with Gasteiger partial charge in [-0.05, 0) is 31.4 Å². The Balaban J connectivity index is 0.00000144. The second-order valence-electron chi connectivity index (χ2n) is 4.72. The van der Waals surface area contributed by atoms with Crippen LogP contribution in [-0.2, 0) is 12.8 Å². The fourth-order valence-electron chi connectivity index (χ4n) is 2.81. The summed E-state index contributed by atoms with van der Waals surface area (Å²) in [5.74, 6) is 0. The van der Waals surface area contributed by atoms with Crippen LogP contribution in [-0.4, -0.2) is 23.1 Å². The second kappa shape index (κ2) is 6.08. The molecule has 0 bridgehead atoms. The Kier molecular flexibility index (Phi) is 5.30. The fourth-order valence-corrected chi connectivity index (χ4v) is 2.98. The Hall–Kier alpha value is -0.240. The van der Waals surface area contributed by atoms with Crippen LogP contribution in [0.3, 0.4) is 0 Å². The predicted octanol–water partition coefficient (Wildman–Crippen LogP) is 3.98. The molecule has 1 unspecified atom stereocenters. The van der Waals surface area contributed by atoms with E-state index in [0.29, 0.717) is 10.0 Å². The Morgan fingerprint density at radius 2 is 1.76 bits per heavy atom. The molecule has 0 aromatic heterocycles. The summed E-state index contributed by atoms with van der Waals surface area (Å²) >= 11 is 6.69. The molecule has 2 rings (SSSR count). The van der Waals surface area contributed by atoms with E-state index in [4.69, 9.17) is 11.8 Å². The molecule has 0 saturated heterocycles. The number of quaternary nitrogens is 1.